The Morgan fingerprint density at radius 2 is 2.14 bits per heavy atom. The van der Waals surface area contributed by atoms with Gasteiger partial charge in [0.05, 0.1) is 18.2 Å². The maximum Gasteiger partial charge on any atom is 0.260 e. The van der Waals surface area contributed by atoms with Crippen molar-refractivity contribution in [1.29, 1.82) is 0 Å². The van der Waals surface area contributed by atoms with E-state index >= 15 is 0 Å². The Kier molecular flexibility index (Phi) is 6.49. The molecule has 1 aromatic heterocycles. The monoisotopic (exact) mass is 397 g/mol. The first-order chi connectivity index (χ1) is 13.9. The number of fused-ring (bicyclic) bond motifs is 1. The van der Waals surface area contributed by atoms with Gasteiger partial charge in [0, 0.05) is 25.0 Å². The maximum atomic E-state index is 12.5. The van der Waals surface area contributed by atoms with E-state index in [1.807, 2.05) is 25.1 Å². The van der Waals surface area contributed by atoms with E-state index < -0.39 is 5.60 Å². The standard InChI is InChI=1S/C22H27N3O4/c1-3-22(2,28)12-20(26)24-18-7-6-17-14-25(10-8-16(17)11-18)21(27)15-29-19-5-4-9-23-13-19/h4-7,9,11,13,28H,3,8,10,12,14-15H2,1-2H3,(H,24,26). The fraction of sp³-hybridized carbons (Fsp3) is 0.409. The van der Waals surface area contributed by atoms with E-state index in [2.05, 4.69) is 10.3 Å². The van der Waals surface area contributed by atoms with E-state index in [0.717, 1.165) is 11.1 Å². The van der Waals surface area contributed by atoms with Gasteiger partial charge in [0.25, 0.3) is 5.91 Å². The fourth-order valence-corrected chi connectivity index (χ4v) is 3.19. The number of amides is 2. The molecule has 7 nitrogen and oxygen atoms in total. The number of ether oxygens (including phenoxy) is 1. The van der Waals surface area contributed by atoms with Crippen LogP contribution in [0.4, 0.5) is 5.69 Å². The Morgan fingerprint density at radius 1 is 1.31 bits per heavy atom. The molecule has 0 saturated carbocycles. The number of aromatic nitrogens is 1. The molecule has 3 rings (SSSR count). The summed E-state index contributed by atoms with van der Waals surface area (Å²) in [6.07, 6.45) is 4.51. The molecule has 2 aromatic rings. The highest BCUT2D eigenvalue weighted by atomic mass is 16.5. The minimum atomic E-state index is -1.00. The average Bonchev–Trinajstić information content (AvgIpc) is 2.72. The summed E-state index contributed by atoms with van der Waals surface area (Å²) in [6.45, 7) is 4.60. The molecule has 1 atom stereocenters. The van der Waals surface area contributed by atoms with Crippen LogP contribution in [0.5, 0.6) is 5.75 Å². The Balaban J connectivity index is 1.56. The molecule has 0 bridgehead atoms. The molecule has 0 spiro atoms. The largest absolute Gasteiger partial charge is 0.482 e. The van der Waals surface area contributed by atoms with Crippen LogP contribution in [0.1, 0.15) is 37.8 Å². The normalized spacial score (nSPS) is 15.2. The van der Waals surface area contributed by atoms with Crippen molar-refractivity contribution >= 4 is 17.5 Å². The van der Waals surface area contributed by atoms with Gasteiger partial charge in [-0.2, -0.15) is 0 Å². The summed E-state index contributed by atoms with van der Waals surface area (Å²) in [5, 5.41) is 12.9. The van der Waals surface area contributed by atoms with E-state index in [-0.39, 0.29) is 24.8 Å². The van der Waals surface area contributed by atoms with Crippen molar-refractivity contribution in [2.24, 2.45) is 0 Å². The van der Waals surface area contributed by atoms with Crippen molar-refractivity contribution in [3.05, 3.63) is 53.9 Å². The molecular weight excluding hydrogens is 370 g/mol. The number of pyridine rings is 1. The van der Waals surface area contributed by atoms with Crippen LogP contribution >= 0.6 is 0 Å². The predicted molar refractivity (Wildman–Crippen MR) is 109 cm³/mol. The Bertz CT molecular complexity index is 868. The van der Waals surface area contributed by atoms with E-state index in [4.69, 9.17) is 4.74 Å². The number of aliphatic hydroxyl groups is 1. The van der Waals surface area contributed by atoms with Crippen LogP contribution in [0.3, 0.4) is 0 Å². The number of rotatable bonds is 7. The second kappa shape index (κ2) is 9.05. The van der Waals surface area contributed by atoms with Gasteiger partial charge in [-0.3, -0.25) is 14.6 Å². The van der Waals surface area contributed by atoms with E-state index in [1.54, 1.807) is 36.4 Å². The second-order valence-corrected chi connectivity index (χ2v) is 7.60. The number of nitrogens with one attached hydrogen (secondary N) is 1. The first-order valence-electron chi connectivity index (χ1n) is 9.81. The van der Waals surface area contributed by atoms with E-state index in [1.165, 1.54) is 0 Å². The zero-order valence-electron chi connectivity index (χ0n) is 16.9. The van der Waals surface area contributed by atoms with Gasteiger partial charge in [0.1, 0.15) is 5.75 Å². The van der Waals surface area contributed by atoms with Crippen molar-refractivity contribution in [3.8, 4) is 5.75 Å². The first kappa shape index (κ1) is 20.8. The molecule has 29 heavy (non-hydrogen) atoms. The van der Waals surface area contributed by atoms with Gasteiger partial charge >= 0.3 is 0 Å². The van der Waals surface area contributed by atoms with Crippen molar-refractivity contribution in [2.45, 2.75) is 45.3 Å². The summed E-state index contributed by atoms with van der Waals surface area (Å²) >= 11 is 0. The highest BCUT2D eigenvalue weighted by molar-refractivity contribution is 5.91. The summed E-state index contributed by atoms with van der Waals surface area (Å²) in [7, 11) is 0. The number of anilines is 1. The van der Waals surface area contributed by atoms with Gasteiger partial charge in [-0.05, 0) is 55.2 Å². The molecule has 1 aliphatic heterocycles. The number of carbonyl (C=O) groups is 2. The average molecular weight is 397 g/mol. The SMILES string of the molecule is CCC(C)(O)CC(=O)Nc1ccc2c(c1)CCN(C(=O)COc1cccnc1)C2. The molecule has 0 radical (unpaired) electrons. The van der Waals surface area contributed by atoms with Crippen LogP contribution in [0.15, 0.2) is 42.7 Å². The topological polar surface area (TPSA) is 91.8 Å². The first-order valence-corrected chi connectivity index (χ1v) is 9.81. The lowest BCUT2D eigenvalue weighted by Gasteiger charge is -2.29. The number of hydrogen-bond donors (Lipinski definition) is 2. The van der Waals surface area contributed by atoms with Crippen LogP contribution in [0.2, 0.25) is 0 Å². The predicted octanol–water partition coefficient (Wildman–Crippen LogP) is 2.53. The summed E-state index contributed by atoms with van der Waals surface area (Å²) in [6, 6.07) is 9.24. The minimum Gasteiger partial charge on any atom is -0.482 e. The molecule has 1 aromatic carbocycles. The van der Waals surface area contributed by atoms with Gasteiger partial charge in [-0.15, -0.1) is 0 Å². The number of hydrogen-bond acceptors (Lipinski definition) is 5. The van der Waals surface area contributed by atoms with Gasteiger partial charge in [0.2, 0.25) is 5.91 Å². The molecule has 2 heterocycles. The molecule has 2 N–H and O–H groups in total. The van der Waals surface area contributed by atoms with E-state index in [0.29, 0.717) is 37.4 Å². The quantitative estimate of drug-likeness (QED) is 0.749. The highest BCUT2D eigenvalue weighted by Gasteiger charge is 2.23. The van der Waals surface area contributed by atoms with Gasteiger partial charge in [0.15, 0.2) is 6.61 Å². The van der Waals surface area contributed by atoms with Crippen LogP contribution in [0, 0.1) is 0 Å². The highest BCUT2D eigenvalue weighted by Crippen LogP contribution is 2.24. The molecule has 1 aliphatic rings. The molecule has 7 heteroatoms. The third kappa shape index (κ3) is 5.77. The molecule has 0 aliphatic carbocycles. The summed E-state index contributed by atoms with van der Waals surface area (Å²) in [5.74, 6) is 0.288. The number of carbonyl (C=O) groups excluding carboxylic acids is 2. The summed E-state index contributed by atoms with van der Waals surface area (Å²) in [4.78, 5) is 30.3. The smallest absolute Gasteiger partial charge is 0.260 e. The van der Waals surface area contributed by atoms with Gasteiger partial charge in [-0.1, -0.05) is 13.0 Å². The zero-order chi connectivity index (χ0) is 20.9. The minimum absolute atomic E-state index is 0.0213. The molecule has 0 fully saturated rings. The lowest BCUT2D eigenvalue weighted by Crippen LogP contribution is -2.38. The molecule has 154 valence electrons. The molecular formula is C22H27N3O4. The third-order valence-electron chi connectivity index (χ3n) is 5.15. The van der Waals surface area contributed by atoms with Gasteiger partial charge in [-0.25, -0.2) is 0 Å². The van der Waals surface area contributed by atoms with Crippen molar-refractivity contribution < 1.29 is 19.4 Å². The van der Waals surface area contributed by atoms with Crippen LogP contribution in [-0.2, 0) is 22.6 Å². The number of nitrogens with zero attached hydrogens (tertiary/aromatic N) is 2. The molecule has 0 saturated heterocycles. The van der Waals surface area contributed by atoms with Gasteiger partial charge < -0.3 is 20.1 Å². The number of benzene rings is 1. The fourth-order valence-electron chi connectivity index (χ4n) is 3.19. The molecule has 1 unspecified atom stereocenters. The summed E-state index contributed by atoms with van der Waals surface area (Å²) < 4.78 is 5.50. The third-order valence-corrected chi connectivity index (χ3v) is 5.15. The zero-order valence-corrected chi connectivity index (χ0v) is 16.9. The maximum absolute atomic E-state index is 12.5. The summed E-state index contributed by atoms with van der Waals surface area (Å²) in [5.41, 5.74) is 1.88. The van der Waals surface area contributed by atoms with Crippen molar-refractivity contribution in [3.63, 3.8) is 0 Å². The van der Waals surface area contributed by atoms with E-state index in [9.17, 15) is 14.7 Å². The Labute approximate surface area is 170 Å². The molecule has 2 amide bonds. The lowest BCUT2D eigenvalue weighted by atomic mass is 9.97. The van der Waals surface area contributed by atoms with Crippen molar-refractivity contribution in [2.75, 3.05) is 18.5 Å². The van der Waals surface area contributed by atoms with Crippen LogP contribution < -0.4 is 10.1 Å². The Morgan fingerprint density at radius 3 is 2.86 bits per heavy atom. The van der Waals surface area contributed by atoms with Crippen molar-refractivity contribution in [1.82, 2.24) is 9.88 Å². The lowest BCUT2D eigenvalue weighted by molar-refractivity contribution is -0.134. The van der Waals surface area contributed by atoms with Crippen LogP contribution in [0.25, 0.3) is 0 Å². The second-order valence-electron chi connectivity index (χ2n) is 7.60. The Hall–Kier alpha value is -2.93. The van der Waals surface area contributed by atoms with Crippen LogP contribution in [-0.4, -0.2) is 45.6 Å².